The molecule has 7 nitrogen and oxygen atoms in total. The number of hydrogen-bond donors (Lipinski definition) is 3. The minimum absolute atomic E-state index is 0.0482. The number of aromatic nitrogens is 2. The highest BCUT2D eigenvalue weighted by Crippen LogP contribution is 2.27. The first-order valence-electron chi connectivity index (χ1n) is 5.29. The number of nitrogen functional groups attached to an aromatic ring is 1. The smallest absolute Gasteiger partial charge is 0.351 e. The Bertz CT molecular complexity index is 480. The van der Waals surface area contributed by atoms with Crippen molar-refractivity contribution in [1.29, 1.82) is 0 Å². The van der Waals surface area contributed by atoms with Crippen LogP contribution in [0.2, 0.25) is 0 Å². The van der Waals surface area contributed by atoms with Crippen LogP contribution in [0.1, 0.15) is 14.0 Å². The monoisotopic (exact) mass is 228 g/mol. The Kier molecular flexibility index (Phi) is 2.56. The fourth-order valence-corrected chi connectivity index (χ4v) is 1.53. The molecule has 0 aliphatic carbocycles. The second-order valence-electron chi connectivity index (χ2n) is 3.51. The van der Waals surface area contributed by atoms with E-state index in [1.807, 2.05) is 0 Å². The Morgan fingerprint density at radius 3 is 3.12 bits per heavy atom. The molecule has 0 bridgehead atoms. The van der Waals surface area contributed by atoms with Gasteiger partial charge in [-0.15, -0.1) is 0 Å². The molecule has 4 N–H and O–H groups in total. The molecule has 1 aromatic heterocycles. The molecule has 16 heavy (non-hydrogen) atoms. The first-order chi connectivity index (χ1) is 7.96. The second-order valence-corrected chi connectivity index (χ2v) is 3.51. The second kappa shape index (κ2) is 4.20. The Balaban J connectivity index is 2.37. The number of nitrogens with two attached hydrogens (primary N) is 1. The van der Waals surface area contributed by atoms with Crippen LogP contribution in [0, 0.1) is 0 Å². The van der Waals surface area contributed by atoms with Crippen LogP contribution in [0.25, 0.3) is 0 Å². The summed E-state index contributed by atoms with van der Waals surface area (Å²) in [5, 5.41) is 18.5. The van der Waals surface area contributed by atoms with Crippen LogP contribution in [-0.4, -0.2) is 38.6 Å². The van der Waals surface area contributed by atoms with Crippen molar-refractivity contribution < 1.29 is 16.3 Å². The van der Waals surface area contributed by atoms with Crippen LogP contribution >= 0.6 is 0 Å². The van der Waals surface area contributed by atoms with Crippen molar-refractivity contribution in [3.8, 4) is 0 Å². The first kappa shape index (κ1) is 9.76. The summed E-state index contributed by atoms with van der Waals surface area (Å²) in [6.07, 6.45) is -2.47. The zero-order valence-electron chi connectivity index (χ0n) is 9.41. The summed E-state index contributed by atoms with van der Waals surface area (Å²) in [6.45, 7) is -0.418. The van der Waals surface area contributed by atoms with Gasteiger partial charge in [-0.05, 0) is 6.07 Å². The quantitative estimate of drug-likeness (QED) is 0.566. The van der Waals surface area contributed by atoms with Gasteiger partial charge in [-0.3, -0.25) is 4.57 Å². The zero-order chi connectivity index (χ0) is 12.6. The minimum atomic E-state index is -1.76. The summed E-state index contributed by atoms with van der Waals surface area (Å²) in [5.41, 5.74) is 4.60. The molecular formula is C9H13N3O4. The molecule has 0 unspecified atom stereocenters. The third kappa shape index (κ3) is 1.92. The molecule has 1 aliphatic rings. The highest BCUT2D eigenvalue weighted by atomic mass is 16.5. The van der Waals surface area contributed by atoms with Gasteiger partial charge in [-0.2, -0.15) is 4.98 Å². The molecule has 2 heterocycles. The Morgan fingerprint density at radius 1 is 1.81 bits per heavy atom. The lowest BCUT2D eigenvalue weighted by Crippen LogP contribution is -2.27. The largest absolute Gasteiger partial charge is 0.394 e. The van der Waals surface area contributed by atoms with Crippen LogP contribution in [0.3, 0.4) is 0 Å². The highest BCUT2D eigenvalue weighted by Gasteiger charge is 2.34. The number of aliphatic hydroxyl groups is 2. The van der Waals surface area contributed by atoms with E-state index in [0.717, 1.165) is 4.57 Å². The summed E-state index contributed by atoms with van der Waals surface area (Å²) >= 11 is 0. The van der Waals surface area contributed by atoms with E-state index in [0.29, 0.717) is 0 Å². The molecule has 1 aliphatic heterocycles. The Labute approximate surface area is 92.5 Å². The maximum Gasteiger partial charge on any atom is 0.351 e. The number of aliphatic hydroxyl groups excluding tert-OH is 2. The van der Waals surface area contributed by atoms with E-state index >= 15 is 0 Å². The molecule has 7 heteroatoms. The molecule has 0 aromatic carbocycles. The number of nitrogens with zero attached hydrogens (tertiary/aromatic N) is 2. The van der Waals surface area contributed by atoms with Crippen LogP contribution in [-0.2, 0) is 4.74 Å². The average molecular weight is 228 g/mol. The van der Waals surface area contributed by atoms with Gasteiger partial charge >= 0.3 is 5.69 Å². The van der Waals surface area contributed by atoms with Gasteiger partial charge in [0.15, 0.2) is 0 Å². The summed E-state index contributed by atoms with van der Waals surface area (Å²) in [5.74, 6) is 0.0482. The van der Waals surface area contributed by atoms with Crippen molar-refractivity contribution in [3.63, 3.8) is 0 Å². The topological polar surface area (TPSA) is 111 Å². The lowest BCUT2D eigenvalue weighted by molar-refractivity contribution is -0.0458. The summed E-state index contributed by atoms with van der Waals surface area (Å²) in [6, 6.07) is 1.36. The van der Waals surface area contributed by atoms with Gasteiger partial charge in [0.2, 0.25) is 0 Å². The molecular weight excluding hydrogens is 214 g/mol. The molecule has 3 atom stereocenters. The number of rotatable bonds is 2. The number of anilines is 1. The average Bonchev–Trinajstić information content (AvgIpc) is 2.54. The van der Waals surface area contributed by atoms with E-state index in [-0.39, 0.29) is 12.2 Å². The van der Waals surface area contributed by atoms with Gasteiger partial charge < -0.3 is 20.7 Å². The molecule has 88 valence electrons. The van der Waals surface area contributed by atoms with Crippen LogP contribution < -0.4 is 11.4 Å². The van der Waals surface area contributed by atoms with E-state index in [9.17, 15) is 9.90 Å². The fraction of sp³-hybridized carbons (Fsp3) is 0.556. The maximum atomic E-state index is 11.6. The van der Waals surface area contributed by atoms with Gasteiger partial charge in [0.25, 0.3) is 0 Å². The predicted molar refractivity (Wildman–Crippen MR) is 54.5 cm³/mol. The zero-order valence-corrected chi connectivity index (χ0v) is 8.41. The lowest BCUT2D eigenvalue weighted by Gasteiger charge is -2.13. The van der Waals surface area contributed by atoms with E-state index in [1.54, 1.807) is 0 Å². The van der Waals surface area contributed by atoms with Crippen molar-refractivity contribution >= 4 is 5.82 Å². The van der Waals surface area contributed by atoms with Crippen molar-refractivity contribution in [1.82, 2.24) is 9.55 Å². The lowest BCUT2D eigenvalue weighted by atomic mass is 10.2. The third-order valence-corrected chi connectivity index (χ3v) is 2.37. The van der Waals surface area contributed by atoms with Gasteiger partial charge in [-0.25, -0.2) is 4.79 Å². The Hall–Kier alpha value is -1.44. The highest BCUT2D eigenvalue weighted by molar-refractivity contribution is 5.23. The van der Waals surface area contributed by atoms with Crippen LogP contribution in [0.5, 0.6) is 0 Å². The van der Waals surface area contributed by atoms with Gasteiger partial charge in [0, 0.05) is 12.6 Å². The standard InChI is InChI=1S/C9H13N3O4/c10-7-1-2-12(9(15)11-7)8-3-5(14)6(4-13)16-8/h1-2,5-6,8,13-14H,3-4H2,(H2,10,11,15)/t5-,6+,8+/m0/s1/i8D. The van der Waals surface area contributed by atoms with E-state index in [1.165, 1.54) is 12.3 Å². The molecule has 1 fully saturated rings. The van der Waals surface area contributed by atoms with Crippen molar-refractivity contribution in [3.05, 3.63) is 22.7 Å². The minimum Gasteiger partial charge on any atom is -0.394 e. The molecule has 1 aromatic rings. The molecule has 0 radical (unpaired) electrons. The van der Waals surface area contributed by atoms with Gasteiger partial charge in [0.1, 0.15) is 18.1 Å². The third-order valence-electron chi connectivity index (χ3n) is 2.37. The van der Waals surface area contributed by atoms with E-state index < -0.39 is 30.7 Å². The van der Waals surface area contributed by atoms with E-state index in [2.05, 4.69) is 4.98 Å². The maximum absolute atomic E-state index is 11.6. The van der Waals surface area contributed by atoms with Gasteiger partial charge in [0.05, 0.1) is 14.1 Å². The predicted octanol–water partition coefficient (Wildman–Crippen LogP) is -1.53. The summed E-state index contributed by atoms with van der Waals surface area (Å²) < 4.78 is 14.1. The first-order valence-corrected chi connectivity index (χ1v) is 4.79. The van der Waals surface area contributed by atoms with Crippen molar-refractivity contribution in [2.75, 3.05) is 12.3 Å². The van der Waals surface area contributed by atoms with Gasteiger partial charge in [-0.1, -0.05) is 0 Å². The number of ether oxygens (including phenoxy) is 1. The summed E-state index contributed by atoms with van der Waals surface area (Å²) in [4.78, 5) is 15.0. The normalized spacial score (nSPS) is 35.0. The Morgan fingerprint density at radius 2 is 2.56 bits per heavy atom. The fourth-order valence-electron chi connectivity index (χ4n) is 1.53. The van der Waals surface area contributed by atoms with Crippen molar-refractivity contribution in [2.45, 2.75) is 24.8 Å². The molecule has 1 saturated heterocycles. The summed E-state index contributed by atoms with van der Waals surface area (Å²) in [7, 11) is 0. The number of hydrogen-bond acceptors (Lipinski definition) is 6. The van der Waals surface area contributed by atoms with Crippen LogP contribution in [0.4, 0.5) is 5.82 Å². The molecule has 2 rings (SSSR count). The molecule has 0 spiro atoms. The molecule has 0 saturated carbocycles. The molecule has 0 amide bonds. The van der Waals surface area contributed by atoms with E-state index in [4.69, 9.17) is 16.9 Å². The van der Waals surface area contributed by atoms with Crippen molar-refractivity contribution in [2.24, 2.45) is 0 Å². The SMILES string of the molecule is [2H][C@]1(n2ccc(N)nc2=O)C[C@H](O)[C@@H](CO)O1. The van der Waals surface area contributed by atoms with Crippen LogP contribution in [0.15, 0.2) is 17.1 Å².